The molecule has 2 fully saturated rings. The lowest BCUT2D eigenvalue weighted by Crippen LogP contribution is -2.59. The zero-order valence-corrected chi connectivity index (χ0v) is 14.0. The van der Waals surface area contributed by atoms with Gasteiger partial charge in [-0.05, 0) is 51.9 Å². The Kier molecular flexibility index (Phi) is 4.29. The molecule has 5 nitrogen and oxygen atoms in total. The van der Waals surface area contributed by atoms with E-state index in [1.165, 1.54) is 0 Å². The van der Waals surface area contributed by atoms with Crippen LogP contribution in [0, 0.1) is 6.92 Å². The topological polar surface area (TPSA) is 58.6 Å². The summed E-state index contributed by atoms with van der Waals surface area (Å²) in [5, 5.41) is 3.31. The smallest absolute Gasteiger partial charge is 0.243 e. The van der Waals surface area contributed by atoms with Gasteiger partial charge >= 0.3 is 0 Å². The summed E-state index contributed by atoms with van der Waals surface area (Å²) in [6.45, 7) is 6.55. The van der Waals surface area contributed by atoms with Crippen molar-refractivity contribution in [2.24, 2.45) is 0 Å². The molecule has 0 amide bonds. The van der Waals surface area contributed by atoms with E-state index in [0.29, 0.717) is 18.0 Å². The average Bonchev–Trinajstić information content (AvgIpc) is 2.47. The van der Waals surface area contributed by atoms with Gasteiger partial charge in [-0.2, -0.15) is 4.31 Å². The predicted molar refractivity (Wildman–Crippen MR) is 85.3 cm³/mol. The number of piperidine rings is 1. The van der Waals surface area contributed by atoms with Crippen molar-refractivity contribution >= 4 is 10.0 Å². The highest BCUT2D eigenvalue weighted by Gasteiger charge is 2.44. The third-order valence-electron chi connectivity index (χ3n) is 4.55. The summed E-state index contributed by atoms with van der Waals surface area (Å²) in [7, 11) is -3.45. The second-order valence-electron chi connectivity index (χ2n) is 6.47. The Morgan fingerprint density at radius 3 is 2.50 bits per heavy atom. The van der Waals surface area contributed by atoms with Crippen LogP contribution in [0.3, 0.4) is 0 Å². The Morgan fingerprint density at radius 1 is 1.23 bits per heavy atom. The van der Waals surface area contributed by atoms with Crippen molar-refractivity contribution in [3.63, 3.8) is 0 Å². The molecule has 2 saturated heterocycles. The molecule has 6 heteroatoms. The zero-order chi connectivity index (χ0) is 15.8. The third-order valence-corrected chi connectivity index (χ3v) is 6.38. The lowest BCUT2D eigenvalue weighted by atomic mass is 9.90. The van der Waals surface area contributed by atoms with Crippen molar-refractivity contribution in [3.05, 3.63) is 29.8 Å². The number of nitrogens with one attached hydrogen (secondary N) is 1. The molecule has 1 atom stereocenters. The maximum atomic E-state index is 12.9. The first-order valence-electron chi connectivity index (χ1n) is 7.87. The molecule has 0 unspecified atom stereocenters. The normalized spacial score (nSPS) is 26.2. The van der Waals surface area contributed by atoms with E-state index in [-0.39, 0.29) is 11.7 Å². The van der Waals surface area contributed by atoms with E-state index < -0.39 is 10.0 Å². The molecule has 1 aromatic carbocycles. The fourth-order valence-electron chi connectivity index (χ4n) is 3.37. The highest BCUT2D eigenvalue weighted by molar-refractivity contribution is 7.89. The number of hydrogen-bond acceptors (Lipinski definition) is 4. The summed E-state index contributed by atoms with van der Waals surface area (Å²) in [5.41, 5.74) is 0.727. The van der Waals surface area contributed by atoms with E-state index in [0.717, 1.165) is 31.5 Å². The molecule has 1 aromatic rings. The first kappa shape index (κ1) is 15.9. The van der Waals surface area contributed by atoms with Gasteiger partial charge in [0.15, 0.2) is 0 Å². The Balaban J connectivity index is 1.87. The van der Waals surface area contributed by atoms with Gasteiger partial charge in [-0.25, -0.2) is 8.42 Å². The van der Waals surface area contributed by atoms with E-state index in [9.17, 15) is 8.42 Å². The van der Waals surface area contributed by atoms with Crippen LogP contribution in [0.5, 0.6) is 0 Å². The number of aryl methyl sites for hydroxylation is 1. The van der Waals surface area contributed by atoms with Gasteiger partial charge in [-0.15, -0.1) is 0 Å². The molecule has 0 aliphatic carbocycles. The van der Waals surface area contributed by atoms with E-state index >= 15 is 0 Å². The maximum Gasteiger partial charge on any atom is 0.243 e. The minimum atomic E-state index is -3.45. The Labute approximate surface area is 132 Å². The Morgan fingerprint density at radius 2 is 1.86 bits per heavy atom. The average molecular weight is 324 g/mol. The molecule has 0 aromatic heterocycles. The van der Waals surface area contributed by atoms with Gasteiger partial charge in [-0.3, -0.25) is 0 Å². The van der Waals surface area contributed by atoms with Crippen molar-refractivity contribution in [3.8, 4) is 0 Å². The molecule has 1 spiro atoms. The van der Waals surface area contributed by atoms with Crippen molar-refractivity contribution in [2.75, 3.05) is 26.2 Å². The highest BCUT2D eigenvalue weighted by Crippen LogP contribution is 2.32. The fourth-order valence-corrected chi connectivity index (χ4v) is 4.96. The summed E-state index contributed by atoms with van der Waals surface area (Å²) in [4.78, 5) is 0.372. The molecule has 2 aliphatic rings. The van der Waals surface area contributed by atoms with E-state index in [1.807, 2.05) is 26.0 Å². The minimum Gasteiger partial charge on any atom is -0.369 e. The van der Waals surface area contributed by atoms with Gasteiger partial charge in [-0.1, -0.05) is 17.7 Å². The van der Waals surface area contributed by atoms with Crippen LogP contribution < -0.4 is 5.32 Å². The number of ether oxygens (including phenoxy) is 1. The van der Waals surface area contributed by atoms with Gasteiger partial charge in [0.1, 0.15) is 0 Å². The van der Waals surface area contributed by atoms with Crippen LogP contribution in [0.25, 0.3) is 0 Å². The van der Waals surface area contributed by atoms with Crippen LogP contribution >= 0.6 is 0 Å². The largest absolute Gasteiger partial charge is 0.369 e. The van der Waals surface area contributed by atoms with Crippen LogP contribution in [-0.2, 0) is 14.8 Å². The van der Waals surface area contributed by atoms with Gasteiger partial charge in [0, 0.05) is 13.1 Å². The summed E-state index contributed by atoms with van der Waals surface area (Å²) in [6, 6.07) is 7.08. The highest BCUT2D eigenvalue weighted by atomic mass is 32.2. The van der Waals surface area contributed by atoms with Gasteiger partial charge in [0.05, 0.1) is 16.6 Å². The molecule has 122 valence electrons. The number of rotatable bonds is 2. The first-order chi connectivity index (χ1) is 10.4. The van der Waals surface area contributed by atoms with Crippen LogP contribution in [0.4, 0.5) is 0 Å². The number of nitrogens with zero attached hydrogens (tertiary/aromatic N) is 1. The first-order valence-corrected chi connectivity index (χ1v) is 9.31. The molecule has 3 rings (SSSR count). The third kappa shape index (κ3) is 3.06. The molecule has 2 heterocycles. The van der Waals surface area contributed by atoms with Gasteiger partial charge < -0.3 is 10.1 Å². The number of sulfonamides is 1. The quantitative estimate of drug-likeness (QED) is 0.896. The summed E-state index contributed by atoms with van der Waals surface area (Å²) < 4.78 is 33.6. The van der Waals surface area contributed by atoms with Gasteiger partial charge in [0.25, 0.3) is 0 Å². The molecular formula is C16H24N2O3S. The molecule has 2 aliphatic heterocycles. The van der Waals surface area contributed by atoms with Crippen LogP contribution in [0.1, 0.15) is 25.3 Å². The van der Waals surface area contributed by atoms with Crippen molar-refractivity contribution < 1.29 is 13.2 Å². The van der Waals surface area contributed by atoms with Crippen LogP contribution in [0.15, 0.2) is 29.2 Å². The standard InChI is InChI=1S/C16H24N2O3S/c1-13-3-5-15(6-4-13)22(19,20)18-11-14(2)21-16(12-18)7-9-17-10-8-16/h3-6,14,17H,7-12H2,1-2H3/t14-/m0/s1. The van der Waals surface area contributed by atoms with E-state index in [1.54, 1.807) is 16.4 Å². The lowest BCUT2D eigenvalue weighted by Gasteiger charge is -2.47. The second-order valence-corrected chi connectivity index (χ2v) is 8.41. The van der Waals surface area contributed by atoms with Crippen molar-refractivity contribution in [1.29, 1.82) is 0 Å². The summed E-state index contributed by atoms with van der Waals surface area (Å²) in [5.74, 6) is 0. The molecule has 0 radical (unpaired) electrons. The minimum absolute atomic E-state index is 0.0768. The van der Waals surface area contributed by atoms with Crippen molar-refractivity contribution in [2.45, 2.75) is 43.3 Å². The number of benzene rings is 1. The lowest BCUT2D eigenvalue weighted by molar-refractivity contribution is -0.143. The zero-order valence-electron chi connectivity index (χ0n) is 13.2. The molecule has 0 saturated carbocycles. The maximum absolute atomic E-state index is 12.9. The molecule has 1 N–H and O–H groups in total. The Hall–Kier alpha value is -0.950. The van der Waals surface area contributed by atoms with E-state index in [2.05, 4.69) is 5.32 Å². The summed E-state index contributed by atoms with van der Waals surface area (Å²) >= 11 is 0. The van der Waals surface area contributed by atoms with Gasteiger partial charge in [0.2, 0.25) is 10.0 Å². The van der Waals surface area contributed by atoms with Crippen LogP contribution in [0.2, 0.25) is 0 Å². The second kappa shape index (κ2) is 5.92. The Bertz CT molecular complexity index is 621. The number of hydrogen-bond donors (Lipinski definition) is 1. The predicted octanol–water partition coefficient (Wildman–Crippen LogP) is 1.53. The summed E-state index contributed by atoms with van der Waals surface area (Å²) in [6.07, 6.45) is 1.64. The van der Waals surface area contributed by atoms with Crippen molar-refractivity contribution in [1.82, 2.24) is 9.62 Å². The molecular weight excluding hydrogens is 300 g/mol. The van der Waals surface area contributed by atoms with Crippen LogP contribution in [-0.4, -0.2) is 50.6 Å². The monoisotopic (exact) mass is 324 g/mol. The fraction of sp³-hybridized carbons (Fsp3) is 0.625. The number of morpholine rings is 1. The SMILES string of the molecule is Cc1ccc(S(=O)(=O)N2C[C@H](C)OC3(CCNCC3)C2)cc1. The van der Waals surface area contributed by atoms with E-state index in [4.69, 9.17) is 4.74 Å². The molecule has 0 bridgehead atoms. The molecule has 22 heavy (non-hydrogen) atoms.